The molecule has 0 fully saturated rings. The van der Waals surface area contributed by atoms with Gasteiger partial charge in [0.1, 0.15) is 0 Å². The van der Waals surface area contributed by atoms with E-state index in [-0.39, 0.29) is 25.5 Å². The topological polar surface area (TPSA) is 67.2 Å². The number of aliphatic hydroxyl groups excluding tert-OH is 1. The summed E-state index contributed by atoms with van der Waals surface area (Å²) < 4.78 is 1.71. The van der Waals surface area contributed by atoms with Crippen LogP contribution in [-0.4, -0.2) is 33.9 Å². The highest BCUT2D eigenvalue weighted by Crippen LogP contribution is 2.27. The van der Waals surface area contributed by atoms with Gasteiger partial charge in [-0.25, -0.2) is 4.68 Å². The lowest BCUT2D eigenvalue weighted by Gasteiger charge is -2.08. The number of nitrogens with zero attached hydrogens (tertiary/aromatic N) is 2. The van der Waals surface area contributed by atoms with Crippen LogP contribution in [0.5, 0.6) is 0 Å². The van der Waals surface area contributed by atoms with Gasteiger partial charge in [-0.05, 0) is 32.0 Å². The quantitative estimate of drug-likeness (QED) is 0.877. The summed E-state index contributed by atoms with van der Waals surface area (Å²) in [6.45, 7) is 3.90. The van der Waals surface area contributed by atoms with E-state index in [4.69, 9.17) is 28.3 Å². The van der Waals surface area contributed by atoms with E-state index in [9.17, 15) is 4.79 Å². The first-order valence-corrected chi connectivity index (χ1v) is 7.57. The summed E-state index contributed by atoms with van der Waals surface area (Å²) in [5.74, 6) is -0.151. The van der Waals surface area contributed by atoms with E-state index in [1.165, 1.54) is 0 Å². The summed E-state index contributed by atoms with van der Waals surface area (Å²) in [6.07, 6.45) is 0.211. The highest BCUT2D eigenvalue weighted by Gasteiger charge is 2.17. The third-order valence-corrected chi connectivity index (χ3v) is 3.89. The van der Waals surface area contributed by atoms with Crippen molar-refractivity contribution in [3.63, 3.8) is 0 Å². The second-order valence-electron chi connectivity index (χ2n) is 4.91. The molecule has 1 aromatic heterocycles. The Morgan fingerprint density at radius 1 is 1.36 bits per heavy atom. The molecule has 0 aliphatic carbocycles. The number of hydrogen-bond donors (Lipinski definition) is 2. The smallest absolute Gasteiger partial charge is 0.224 e. The highest BCUT2D eigenvalue weighted by atomic mass is 35.5. The minimum absolute atomic E-state index is 0.0800. The fourth-order valence-corrected chi connectivity index (χ4v) is 2.73. The number of amides is 1. The van der Waals surface area contributed by atoms with Crippen LogP contribution in [-0.2, 0) is 11.2 Å². The molecule has 1 amide bonds. The van der Waals surface area contributed by atoms with E-state index in [0.29, 0.717) is 15.7 Å². The zero-order valence-electron chi connectivity index (χ0n) is 12.4. The molecule has 2 rings (SSSR count). The van der Waals surface area contributed by atoms with Crippen LogP contribution in [0.3, 0.4) is 0 Å². The molecule has 1 aromatic carbocycles. The van der Waals surface area contributed by atoms with Gasteiger partial charge in [0.2, 0.25) is 5.91 Å². The number of aromatic nitrogens is 2. The van der Waals surface area contributed by atoms with Crippen molar-refractivity contribution in [1.29, 1.82) is 0 Å². The molecular weight excluding hydrogens is 325 g/mol. The molecule has 22 heavy (non-hydrogen) atoms. The molecule has 0 aliphatic heterocycles. The van der Waals surface area contributed by atoms with Gasteiger partial charge >= 0.3 is 0 Å². The summed E-state index contributed by atoms with van der Waals surface area (Å²) in [7, 11) is 0. The molecule has 0 spiro atoms. The van der Waals surface area contributed by atoms with Crippen LogP contribution >= 0.6 is 23.2 Å². The minimum Gasteiger partial charge on any atom is -0.395 e. The van der Waals surface area contributed by atoms with Crippen molar-refractivity contribution in [3.05, 3.63) is 45.2 Å². The van der Waals surface area contributed by atoms with Gasteiger partial charge in [0.25, 0.3) is 0 Å². The number of rotatable bonds is 5. The van der Waals surface area contributed by atoms with Gasteiger partial charge in [-0.1, -0.05) is 23.2 Å². The maximum Gasteiger partial charge on any atom is 0.224 e. The molecule has 0 saturated heterocycles. The molecule has 1 heterocycles. The number of halogens is 2. The van der Waals surface area contributed by atoms with Crippen LogP contribution < -0.4 is 5.32 Å². The lowest BCUT2D eigenvalue weighted by atomic mass is 10.1. The summed E-state index contributed by atoms with van der Waals surface area (Å²) in [4.78, 5) is 11.8. The molecule has 0 atom stereocenters. The molecule has 0 radical (unpaired) electrons. The molecule has 7 heteroatoms. The summed E-state index contributed by atoms with van der Waals surface area (Å²) >= 11 is 12.1. The lowest BCUT2D eigenvalue weighted by molar-refractivity contribution is -0.120. The standard InChI is InChI=1S/C15H17Cl2N3O2/c1-9-12(8-15(22)18-5-6-21)10(2)20(19-9)14-4-3-11(16)7-13(14)17/h3-4,7,21H,5-6,8H2,1-2H3,(H,18,22). The minimum atomic E-state index is -0.151. The van der Waals surface area contributed by atoms with Crippen LogP contribution in [0.4, 0.5) is 0 Å². The van der Waals surface area contributed by atoms with E-state index in [1.54, 1.807) is 22.9 Å². The van der Waals surface area contributed by atoms with Gasteiger partial charge in [0.15, 0.2) is 0 Å². The molecule has 2 aromatic rings. The summed E-state index contributed by atoms with van der Waals surface area (Å²) in [5, 5.41) is 16.9. The number of aliphatic hydroxyl groups is 1. The number of aryl methyl sites for hydroxylation is 1. The van der Waals surface area contributed by atoms with Crippen molar-refractivity contribution in [1.82, 2.24) is 15.1 Å². The van der Waals surface area contributed by atoms with E-state index >= 15 is 0 Å². The molecule has 5 nitrogen and oxygen atoms in total. The normalized spacial score (nSPS) is 10.8. The van der Waals surface area contributed by atoms with Crippen molar-refractivity contribution in [2.24, 2.45) is 0 Å². The Bertz CT molecular complexity index is 698. The summed E-state index contributed by atoms with van der Waals surface area (Å²) in [6, 6.07) is 5.19. The molecule has 0 bridgehead atoms. The van der Waals surface area contributed by atoms with Crippen molar-refractivity contribution in [2.75, 3.05) is 13.2 Å². The van der Waals surface area contributed by atoms with Gasteiger partial charge in [0, 0.05) is 22.8 Å². The second kappa shape index (κ2) is 7.13. The monoisotopic (exact) mass is 341 g/mol. The Labute approximate surface area is 138 Å². The van der Waals surface area contributed by atoms with Crippen LogP contribution in [0.1, 0.15) is 17.0 Å². The Kier molecular flexibility index (Phi) is 5.45. The van der Waals surface area contributed by atoms with E-state index in [2.05, 4.69) is 10.4 Å². The van der Waals surface area contributed by atoms with Crippen molar-refractivity contribution in [3.8, 4) is 5.69 Å². The maximum absolute atomic E-state index is 11.8. The van der Waals surface area contributed by atoms with Crippen LogP contribution in [0, 0.1) is 13.8 Å². The van der Waals surface area contributed by atoms with E-state index in [0.717, 1.165) is 17.0 Å². The van der Waals surface area contributed by atoms with E-state index in [1.807, 2.05) is 13.8 Å². The maximum atomic E-state index is 11.8. The number of benzene rings is 1. The molecular formula is C15H17Cl2N3O2. The average Bonchev–Trinajstić information content (AvgIpc) is 2.73. The van der Waals surface area contributed by atoms with Crippen molar-refractivity contribution < 1.29 is 9.90 Å². The first kappa shape index (κ1) is 16.8. The Balaban J connectivity index is 2.32. The average molecular weight is 342 g/mol. The second-order valence-corrected chi connectivity index (χ2v) is 5.75. The van der Waals surface area contributed by atoms with Crippen molar-refractivity contribution in [2.45, 2.75) is 20.3 Å². The number of hydrogen-bond acceptors (Lipinski definition) is 3. The van der Waals surface area contributed by atoms with Gasteiger partial charge in [-0.2, -0.15) is 5.10 Å². The van der Waals surface area contributed by atoms with Crippen LogP contribution in [0.15, 0.2) is 18.2 Å². The molecule has 0 unspecified atom stereocenters. The van der Waals surface area contributed by atoms with E-state index < -0.39 is 0 Å². The zero-order chi connectivity index (χ0) is 16.3. The number of carbonyl (C=O) groups is 1. The predicted octanol–water partition coefficient (Wildman–Crippen LogP) is 2.45. The Hall–Kier alpha value is -1.56. The fourth-order valence-electron chi connectivity index (χ4n) is 2.24. The zero-order valence-corrected chi connectivity index (χ0v) is 13.9. The molecule has 0 saturated carbocycles. The lowest BCUT2D eigenvalue weighted by Crippen LogP contribution is -2.28. The third-order valence-electron chi connectivity index (χ3n) is 3.35. The van der Waals surface area contributed by atoms with Crippen LogP contribution in [0.25, 0.3) is 5.69 Å². The number of nitrogens with one attached hydrogen (secondary N) is 1. The largest absolute Gasteiger partial charge is 0.395 e. The molecule has 2 N–H and O–H groups in total. The van der Waals surface area contributed by atoms with Gasteiger partial charge in [-0.3, -0.25) is 4.79 Å². The Morgan fingerprint density at radius 2 is 2.09 bits per heavy atom. The number of carbonyl (C=O) groups excluding carboxylic acids is 1. The first-order valence-electron chi connectivity index (χ1n) is 6.82. The first-order chi connectivity index (χ1) is 10.4. The summed E-state index contributed by atoms with van der Waals surface area (Å²) in [5.41, 5.74) is 3.18. The van der Waals surface area contributed by atoms with Crippen LogP contribution in [0.2, 0.25) is 10.0 Å². The van der Waals surface area contributed by atoms with Gasteiger partial charge < -0.3 is 10.4 Å². The highest BCUT2D eigenvalue weighted by molar-refractivity contribution is 6.35. The fraction of sp³-hybridized carbons (Fsp3) is 0.333. The van der Waals surface area contributed by atoms with Gasteiger partial charge in [0.05, 0.1) is 29.4 Å². The molecule has 118 valence electrons. The molecule has 0 aliphatic rings. The van der Waals surface area contributed by atoms with Gasteiger partial charge in [-0.15, -0.1) is 0 Å². The third kappa shape index (κ3) is 3.61. The SMILES string of the molecule is Cc1nn(-c2ccc(Cl)cc2Cl)c(C)c1CC(=O)NCCO. The predicted molar refractivity (Wildman–Crippen MR) is 86.9 cm³/mol. The Morgan fingerprint density at radius 3 is 2.73 bits per heavy atom. The van der Waals surface area contributed by atoms with Crippen molar-refractivity contribution >= 4 is 29.1 Å².